The van der Waals surface area contributed by atoms with Gasteiger partial charge in [-0.1, -0.05) is 179 Å². The SMILES string of the molecule is [2H]c1c([2H])c([2H])c(-c2ccnc(-c3[c-]c(-c4cccc5c4nc(-c4cc(C([2H])(C)C)cc(C([2H])(C)C)c4O)n5-c4ccc(-c5ccccc5C(C)(C)C)c(C([2H])(C)C)c4)cc(C(C)(C)C)c3)c2)c([2H])c1[2H].[Pt]. The van der Waals surface area contributed by atoms with Crippen molar-refractivity contribution < 1.29 is 37.1 Å². The van der Waals surface area contributed by atoms with Crippen LogP contribution in [0.5, 0.6) is 5.75 Å². The van der Waals surface area contributed by atoms with Crippen LogP contribution in [0, 0.1) is 6.07 Å². The molecule has 8 aromatic rings. The number of fused-ring (bicyclic) bond motifs is 1. The van der Waals surface area contributed by atoms with Gasteiger partial charge in [0.15, 0.2) is 0 Å². The summed E-state index contributed by atoms with van der Waals surface area (Å²) in [4.78, 5) is 10.2. The molecule has 0 radical (unpaired) electrons. The molecule has 0 aliphatic carbocycles. The van der Waals surface area contributed by atoms with Crippen molar-refractivity contribution in [1.82, 2.24) is 14.5 Å². The van der Waals surface area contributed by atoms with E-state index < -0.39 is 35.8 Å². The zero-order valence-electron chi connectivity index (χ0n) is 46.9. The van der Waals surface area contributed by atoms with E-state index >= 15 is 0 Å². The Kier molecular flexibility index (Phi) is 10.4. The van der Waals surface area contributed by atoms with E-state index in [0.717, 1.165) is 33.4 Å². The molecule has 0 spiro atoms. The molecule has 0 aliphatic heterocycles. The van der Waals surface area contributed by atoms with E-state index in [-0.39, 0.29) is 55.3 Å². The molecule has 5 heteroatoms. The van der Waals surface area contributed by atoms with Gasteiger partial charge in [-0.15, -0.1) is 29.3 Å². The molecule has 2 heterocycles. The first-order chi connectivity index (χ1) is 32.9. The first-order valence-corrected chi connectivity index (χ1v) is 21.6. The number of nitrogens with zero attached hydrogens (tertiary/aromatic N) is 3. The molecule has 0 bridgehead atoms. The Hall–Kier alpha value is -5.57. The Morgan fingerprint density at radius 2 is 1.33 bits per heavy atom. The van der Waals surface area contributed by atoms with Gasteiger partial charge >= 0.3 is 0 Å². The number of hydrogen-bond donors (Lipinski definition) is 1. The van der Waals surface area contributed by atoms with Crippen LogP contribution in [0.15, 0.2) is 133 Å². The standard InChI is InChI=1S/C59H62N3O.Pt/c1-36(2)41-32-50(38(5)6)56(63)51(33-41)57-61-55-46(42-29-43(31-44(30-42)58(7,8)9)53-34-40(27-28-60-53)39-19-14-13-15-20-39)22-18-24-54(55)62(57)45-25-26-47(49(35-45)37(3)4)48-21-16-17-23-52(48)59(10,11)12;/h13-28,30-38,63H,1-12H3;/q-1;/i13D,14D,15D,19D,20D,36D,37D,38D;. The van der Waals surface area contributed by atoms with Crippen LogP contribution in [0.2, 0.25) is 0 Å². The van der Waals surface area contributed by atoms with Crippen molar-refractivity contribution in [1.29, 1.82) is 0 Å². The summed E-state index contributed by atoms with van der Waals surface area (Å²) in [5.74, 6) is -3.11. The molecule has 0 saturated heterocycles. The second-order valence-corrected chi connectivity index (χ2v) is 19.3. The van der Waals surface area contributed by atoms with Gasteiger partial charge in [0.2, 0.25) is 0 Å². The minimum atomic E-state index is -1.24. The molecule has 64 heavy (non-hydrogen) atoms. The van der Waals surface area contributed by atoms with Crippen molar-refractivity contribution in [2.24, 2.45) is 0 Å². The molecule has 0 unspecified atom stereocenters. The van der Waals surface area contributed by atoms with E-state index in [9.17, 15) is 6.48 Å². The van der Waals surface area contributed by atoms with Crippen molar-refractivity contribution in [2.45, 2.75) is 112 Å². The minimum Gasteiger partial charge on any atom is -0.507 e. The monoisotopic (exact) mass is 1030 g/mol. The Morgan fingerprint density at radius 1 is 0.641 bits per heavy atom. The fourth-order valence-electron chi connectivity index (χ4n) is 8.34. The number of pyridine rings is 1. The molecule has 0 fully saturated rings. The number of aromatic nitrogens is 3. The van der Waals surface area contributed by atoms with Crippen molar-refractivity contribution in [3.05, 3.63) is 167 Å². The van der Waals surface area contributed by atoms with Crippen LogP contribution in [0.3, 0.4) is 0 Å². The van der Waals surface area contributed by atoms with Gasteiger partial charge in [-0.3, -0.25) is 9.55 Å². The molecule has 330 valence electrons. The average molecular weight is 1030 g/mol. The minimum absolute atomic E-state index is 0. The van der Waals surface area contributed by atoms with Crippen LogP contribution in [-0.2, 0) is 31.9 Å². The topological polar surface area (TPSA) is 50.9 Å². The summed E-state index contributed by atoms with van der Waals surface area (Å²) in [5, 5.41) is 12.4. The molecule has 6 aromatic carbocycles. The zero-order valence-corrected chi connectivity index (χ0v) is 41.2. The van der Waals surface area contributed by atoms with Crippen molar-refractivity contribution in [3.63, 3.8) is 0 Å². The van der Waals surface area contributed by atoms with E-state index in [0.29, 0.717) is 61.6 Å². The fourth-order valence-corrected chi connectivity index (χ4v) is 8.34. The summed E-state index contributed by atoms with van der Waals surface area (Å²) in [6, 6.07) is 33.2. The van der Waals surface area contributed by atoms with Crippen molar-refractivity contribution in [3.8, 4) is 67.5 Å². The van der Waals surface area contributed by atoms with E-state index in [2.05, 4.69) is 71.9 Å². The fraction of sp³-hybridized carbons (Fsp3) is 0.288. The summed E-state index contributed by atoms with van der Waals surface area (Å²) >= 11 is 0. The maximum absolute atomic E-state index is 12.4. The third-order valence-electron chi connectivity index (χ3n) is 11.8. The molecule has 4 nitrogen and oxygen atoms in total. The Labute approximate surface area is 407 Å². The van der Waals surface area contributed by atoms with Gasteiger partial charge in [-0.05, 0) is 103 Å². The second-order valence-electron chi connectivity index (χ2n) is 19.3. The summed E-state index contributed by atoms with van der Waals surface area (Å²) < 4.78 is 72.1. The van der Waals surface area contributed by atoms with Crippen LogP contribution < -0.4 is 0 Å². The van der Waals surface area contributed by atoms with Gasteiger partial charge in [-0.2, -0.15) is 0 Å². The van der Waals surface area contributed by atoms with Crippen LogP contribution >= 0.6 is 0 Å². The molecular weight excluding hydrogens is 962 g/mol. The number of hydrogen-bond acceptors (Lipinski definition) is 3. The Morgan fingerprint density at radius 3 is 2.00 bits per heavy atom. The predicted molar refractivity (Wildman–Crippen MR) is 266 cm³/mol. The number of imidazole rings is 1. The number of benzene rings is 6. The van der Waals surface area contributed by atoms with E-state index in [1.165, 1.54) is 0 Å². The van der Waals surface area contributed by atoms with Crippen molar-refractivity contribution >= 4 is 11.0 Å². The summed E-state index contributed by atoms with van der Waals surface area (Å²) in [6.07, 6.45) is 1.57. The third kappa shape index (κ3) is 9.05. The van der Waals surface area contributed by atoms with Gasteiger partial charge in [-0.25, -0.2) is 4.98 Å². The number of phenolic OH excluding ortho intramolecular Hbond substituents is 1. The molecule has 0 atom stereocenters. The van der Waals surface area contributed by atoms with Crippen LogP contribution in [-0.4, -0.2) is 19.6 Å². The van der Waals surface area contributed by atoms with E-state index in [4.69, 9.17) is 19.6 Å². The van der Waals surface area contributed by atoms with Gasteiger partial charge in [0.1, 0.15) is 11.6 Å². The molecule has 0 aliphatic rings. The Bertz CT molecular complexity index is 3390. The number of rotatable bonds is 9. The zero-order chi connectivity index (χ0) is 52.1. The number of para-hydroxylation sites is 1. The normalized spacial score (nSPS) is 14.4. The Balaban J connectivity index is 0.00000760. The predicted octanol–water partition coefficient (Wildman–Crippen LogP) is 16.2. The maximum atomic E-state index is 12.4. The summed E-state index contributed by atoms with van der Waals surface area (Å²) in [6.45, 7) is 23.7. The summed E-state index contributed by atoms with van der Waals surface area (Å²) in [5.41, 5.74) is 10.7. The molecule has 0 saturated carbocycles. The third-order valence-corrected chi connectivity index (χ3v) is 11.8. The molecule has 2 aromatic heterocycles. The molecule has 0 amide bonds. The quantitative estimate of drug-likeness (QED) is 0.147. The van der Waals surface area contributed by atoms with Crippen LogP contribution in [0.4, 0.5) is 0 Å². The largest absolute Gasteiger partial charge is 0.507 e. The summed E-state index contributed by atoms with van der Waals surface area (Å²) in [7, 11) is 0. The van der Waals surface area contributed by atoms with Crippen LogP contribution in [0.1, 0.15) is 140 Å². The first kappa shape index (κ1) is 36.7. The number of phenols is 1. The van der Waals surface area contributed by atoms with Crippen molar-refractivity contribution in [2.75, 3.05) is 0 Å². The van der Waals surface area contributed by atoms with E-state index in [1.54, 1.807) is 58.2 Å². The molecular formula is C59H62N3OPt-. The molecule has 1 N–H and O–H groups in total. The second kappa shape index (κ2) is 18.1. The van der Waals surface area contributed by atoms with Gasteiger partial charge in [0, 0.05) is 42.8 Å². The van der Waals surface area contributed by atoms with Gasteiger partial charge < -0.3 is 5.11 Å². The average Bonchev–Trinajstić information content (AvgIpc) is 3.68. The maximum Gasteiger partial charge on any atom is 0.148 e. The number of aromatic hydroxyl groups is 1. The smallest absolute Gasteiger partial charge is 0.148 e. The first-order valence-electron chi connectivity index (χ1n) is 25.6. The van der Waals surface area contributed by atoms with Crippen LogP contribution in [0.25, 0.3) is 72.7 Å². The molecule has 8 rings (SSSR count). The van der Waals surface area contributed by atoms with Gasteiger partial charge in [0.25, 0.3) is 0 Å². The van der Waals surface area contributed by atoms with Gasteiger partial charge in [0.05, 0.1) is 23.5 Å². The van der Waals surface area contributed by atoms with E-state index in [1.807, 2.05) is 66.9 Å².